The van der Waals surface area contributed by atoms with Crippen molar-refractivity contribution in [2.24, 2.45) is 0 Å². The SMILES string of the molecule is CC(NC(=O)NCc1ccccc1)c1ccccc1N. The number of nitrogen functional groups attached to an aromatic ring is 1. The van der Waals surface area contributed by atoms with Gasteiger partial charge in [-0.2, -0.15) is 0 Å². The highest BCUT2D eigenvalue weighted by molar-refractivity contribution is 5.74. The fourth-order valence-electron chi connectivity index (χ4n) is 2.01. The summed E-state index contributed by atoms with van der Waals surface area (Å²) in [5.74, 6) is 0. The van der Waals surface area contributed by atoms with E-state index in [-0.39, 0.29) is 12.1 Å². The van der Waals surface area contributed by atoms with E-state index in [2.05, 4.69) is 10.6 Å². The van der Waals surface area contributed by atoms with Gasteiger partial charge in [-0.15, -0.1) is 0 Å². The van der Waals surface area contributed by atoms with Gasteiger partial charge in [0.05, 0.1) is 6.04 Å². The van der Waals surface area contributed by atoms with Crippen LogP contribution >= 0.6 is 0 Å². The summed E-state index contributed by atoms with van der Waals surface area (Å²) in [5, 5.41) is 5.71. The first-order valence-corrected chi connectivity index (χ1v) is 6.59. The molecule has 1 atom stereocenters. The summed E-state index contributed by atoms with van der Waals surface area (Å²) in [6.45, 7) is 2.41. The number of rotatable bonds is 4. The van der Waals surface area contributed by atoms with Crippen LogP contribution in [-0.2, 0) is 6.54 Å². The van der Waals surface area contributed by atoms with Crippen LogP contribution in [0.5, 0.6) is 0 Å². The van der Waals surface area contributed by atoms with E-state index in [0.717, 1.165) is 11.1 Å². The lowest BCUT2D eigenvalue weighted by atomic mass is 10.1. The first-order chi connectivity index (χ1) is 9.66. The molecule has 2 aromatic rings. The molecule has 4 heteroatoms. The predicted octanol–water partition coefficient (Wildman–Crippen LogP) is 2.83. The standard InChI is InChI=1S/C16H19N3O/c1-12(14-9-5-6-10-15(14)17)19-16(20)18-11-13-7-3-2-4-8-13/h2-10,12H,11,17H2,1H3,(H2,18,19,20). The smallest absolute Gasteiger partial charge is 0.315 e. The van der Waals surface area contributed by atoms with Crippen LogP contribution in [0.15, 0.2) is 54.6 Å². The normalized spacial score (nSPS) is 11.7. The minimum Gasteiger partial charge on any atom is -0.398 e. The molecule has 0 spiro atoms. The van der Waals surface area contributed by atoms with E-state index >= 15 is 0 Å². The van der Waals surface area contributed by atoms with E-state index in [1.165, 1.54) is 0 Å². The van der Waals surface area contributed by atoms with Crippen LogP contribution in [0.1, 0.15) is 24.1 Å². The molecule has 20 heavy (non-hydrogen) atoms. The average molecular weight is 269 g/mol. The number of carbonyl (C=O) groups excluding carboxylic acids is 1. The maximum absolute atomic E-state index is 11.8. The lowest BCUT2D eigenvalue weighted by Gasteiger charge is -2.16. The highest BCUT2D eigenvalue weighted by atomic mass is 16.2. The first kappa shape index (κ1) is 13.9. The number of benzene rings is 2. The second-order valence-electron chi connectivity index (χ2n) is 4.66. The molecule has 0 aliphatic carbocycles. The lowest BCUT2D eigenvalue weighted by molar-refractivity contribution is 0.237. The number of nitrogens with one attached hydrogen (secondary N) is 2. The third kappa shape index (κ3) is 3.75. The van der Waals surface area contributed by atoms with Gasteiger partial charge in [-0.05, 0) is 24.1 Å². The third-order valence-corrected chi connectivity index (χ3v) is 3.11. The fraction of sp³-hybridized carbons (Fsp3) is 0.188. The second-order valence-corrected chi connectivity index (χ2v) is 4.66. The van der Waals surface area contributed by atoms with Crippen molar-refractivity contribution in [2.45, 2.75) is 19.5 Å². The molecule has 4 nitrogen and oxygen atoms in total. The number of carbonyl (C=O) groups is 1. The highest BCUT2D eigenvalue weighted by Crippen LogP contribution is 2.18. The van der Waals surface area contributed by atoms with Crippen molar-refractivity contribution in [3.05, 3.63) is 65.7 Å². The summed E-state index contributed by atoms with van der Waals surface area (Å²) in [6.07, 6.45) is 0. The minimum atomic E-state index is -0.204. The van der Waals surface area contributed by atoms with Gasteiger partial charge in [0, 0.05) is 12.2 Å². The third-order valence-electron chi connectivity index (χ3n) is 3.11. The van der Waals surface area contributed by atoms with E-state index in [1.807, 2.05) is 61.5 Å². The van der Waals surface area contributed by atoms with Crippen molar-refractivity contribution in [3.8, 4) is 0 Å². The van der Waals surface area contributed by atoms with Crippen molar-refractivity contribution in [2.75, 3.05) is 5.73 Å². The Bertz CT molecular complexity index is 569. The van der Waals surface area contributed by atoms with Gasteiger partial charge in [-0.25, -0.2) is 4.79 Å². The molecule has 1 unspecified atom stereocenters. The summed E-state index contributed by atoms with van der Waals surface area (Å²) in [6, 6.07) is 17.0. The largest absolute Gasteiger partial charge is 0.398 e. The Morgan fingerprint density at radius 3 is 2.45 bits per heavy atom. The molecule has 0 aliphatic heterocycles. The minimum absolute atomic E-state index is 0.132. The van der Waals surface area contributed by atoms with Gasteiger partial charge in [-0.1, -0.05) is 48.5 Å². The molecule has 2 rings (SSSR count). The summed E-state index contributed by atoms with van der Waals surface area (Å²) < 4.78 is 0. The van der Waals surface area contributed by atoms with E-state index in [0.29, 0.717) is 12.2 Å². The van der Waals surface area contributed by atoms with Crippen molar-refractivity contribution < 1.29 is 4.79 Å². The number of amides is 2. The summed E-state index contributed by atoms with van der Waals surface area (Å²) in [7, 11) is 0. The van der Waals surface area contributed by atoms with Crippen LogP contribution in [0.4, 0.5) is 10.5 Å². The Morgan fingerprint density at radius 2 is 1.75 bits per heavy atom. The maximum atomic E-state index is 11.8. The van der Waals surface area contributed by atoms with Crippen LogP contribution in [0, 0.1) is 0 Å². The Kier molecular flexibility index (Phi) is 4.60. The summed E-state index contributed by atoms with van der Waals surface area (Å²) >= 11 is 0. The zero-order valence-electron chi connectivity index (χ0n) is 11.5. The Morgan fingerprint density at radius 1 is 1.10 bits per heavy atom. The first-order valence-electron chi connectivity index (χ1n) is 6.59. The summed E-state index contributed by atoms with van der Waals surface area (Å²) in [4.78, 5) is 11.8. The molecule has 0 saturated carbocycles. The number of hydrogen-bond donors (Lipinski definition) is 3. The summed E-state index contributed by atoms with van der Waals surface area (Å²) in [5.41, 5.74) is 8.56. The predicted molar refractivity (Wildman–Crippen MR) is 81.1 cm³/mol. The van der Waals surface area contributed by atoms with Gasteiger partial charge >= 0.3 is 6.03 Å². The monoisotopic (exact) mass is 269 g/mol. The zero-order valence-corrected chi connectivity index (χ0v) is 11.5. The van der Waals surface area contributed by atoms with Crippen LogP contribution in [0.25, 0.3) is 0 Å². The number of urea groups is 1. The topological polar surface area (TPSA) is 67.2 Å². The van der Waals surface area contributed by atoms with Crippen LogP contribution in [0.2, 0.25) is 0 Å². The quantitative estimate of drug-likeness (QED) is 0.747. The molecular weight excluding hydrogens is 250 g/mol. The molecular formula is C16H19N3O. The Hall–Kier alpha value is -2.49. The van der Waals surface area contributed by atoms with E-state index in [9.17, 15) is 4.79 Å². The molecule has 0 bridgehead atoms. The molecule has 0 radical (unpaired) electrons. The number of nitrogens with two attached hydrogens (primary N) is 1. The molecule has 0 saturated heterocycles. The number of para-hydroxylation sites is 1. The molecule has 2 aromatic carbocycles. The van der Waals surface area contributed by atoms with E-state index in [4.69, 9.17) is 5.73 Å². The van der Waals surface area contributed by atoms with Gasteiger partial charge < -0.3 is 16.4 Å². The van der Waals surface area contributed by atoms with Crippen LogP contribution < -0.4 is 16.4 Å². The van der Waals surface area contributed by atoms with Crippen LogP contribution in [0.3, 0.4) is 0 Å². The van der Waals surface area contributed by atoms with Gasteiger partial charge in [-0.3, -0.25) is 0 Å². The van der Waals surface area contributed by atoms with Crippen molar-refractivity contribution >= 4 is 11.7 Å². The van der Waals surface area contributed by atoms with Gasteiger partial charge in [0.2, 0.25) is 0 Å². The van der Waals surface area contributed by atoms with E-state index < -0.39 is 0 Å². The zero-order chi connectivity index (χ0) is 14.4. The highest BCUT2D eigenvalue weighted by Gasteiger charge is 2.11. The van der Waals surface area contributed by atoms with Crippen LogP contribution in [-0.4, -0.2) is 6.03 Å². The molecule has 104 valence electrons. The molecule has 0 fully saturated rings. The second kappa shape index (κ2) is 6.61. The molecule has 0 aromatic heterocycles. The van der Waals surface area contributed by atoms with E-state index in [1.54, 1.807) is 0 Å². The number of hydrogen-bond acceptors (Lipinski definition) is 2. The van der Waals surface area contributed by atoms with Crippen molar-refractivity contribution in [3.63, 3.8) is 0 Å². The Labute approximate surface area is 119 Å². The Balaban J connectivity index is 1.87. The number of anilines is 1. The van der Waals surface area contributed by atoms with Gasteiger partial charge in [0.25, 0.3) is 0 Å². The fourth-order valence-corrected chi connectivity index (χ4v) is 2.01. The molecule has 0 heterocycles. The van der Waals surface area contributed by atoms with Gasteiger partial charge in [0.1, 0.15) is 0 Å². The van der Waals surface area contributed by atoms with Crippen molar-refractivity contribution in [1.29, 1.82) is 0 Å². The molecule has 2 amide bonds. The average Bonchev–Trinajstić information content (AvgIpc) is 2.46. The van der Waals surface area contributed by atoms with Gasteiger partial charge in [0.15, 0.2) is 0 Å². The maximum Gasteiger partial charge on any atom is 0.315 e. The molecule has 0 aliphatic rings. The van der Waals surface area contributed by atoms with Crippen molar-refractivity contribution in [1.82, 2.24) is 10.6 Å². The lowest BCUT2D eigenvalue weighted by Crippen LogP contribution is -2.36. The molecule has 4 N–H and O–H groups in total.